The molecule has 3 rings (SSSR count). The molecule has 10 heteroatoms. The van der Waals surface area contributed by atoms with E-state index in [2.05, 4.69) is 10.1 Å². The van der Waals surface area contributed by atoms with E-state index < -0.39 is 35.2 Å². The summed E-state index contributed by atoms with van der Waals surface area (Å²) in [5.74, 6) is -1.71. The molecule has 0 radical (unpaired) electrons. The first-order valence-electron chi connectivity index (χ1n) is 9.19. The minimum atomic E-state index is -0.933. The lowest BCUT2D eigenvalue weighted by Crippen LogP contribution is -2.37. The van der Waals surface area contributed by atoms with Crippen molar-refractivity contribution in [2.45, 2.75) is 26.8 Å². The van der Waals surface area contributed by atoms with Crippen molar-refractivity contribution < 1.29 is 18.8 Å². The second kappa shape index (κ2) is 8.60. The van der Waals surface area contributed by atoms with Crippen LogP contribution in [-0.2, 0) is 11.3 Å². The zero-order valence-corrected chi connectivity index (χ0v) is 16.4. The van der Waals surface area contributed by atoms with Gasteiger partial charge in [0.2, 0.25) is 5.78 Å². The van der Waals surface area contributed by atoms with Gasteiger partial charge in [-0.25, -0.2) is 9.59 Å². The standard InChI is InChI=1S/C20H20N4O6/c1-3-9-24-17(21)15(18(26)22-20(24)28)13(25)10-29-19(27)14-11(2)30-23-16(14)12-7-5-4-6-8-12/h4-8H,3,9-10,21H2,1-2H3,(H,22,26,28). The topological polar surface area (TPSA) is 150 Å². The van der Waals surface area contributed by atoms with Gasteiger partial charge < -0.3 is 15.0 Å². The van der Waals surface area contributed by atoms with Crippen LogP contribution in [0, 0.1) is 6.92 Å². The number of benzene rings is 1. The summed E-state index contributed by atoms with van der Waals surface area (Å²) in [5, 5.41) is 3.89. The van der Waals surface area contributed by atoms with E-state index in [1.165, 1.54) is 0 Å². The molecular weight excluding hydrogens is 392 g/mol. The van der Waals surface area contributed by atoms with Crippen LogP contribution in [0.2, 0.25) is 0 Å². The van der Waals surface area contributed by atoms with Crippen LogP contribution in [0.25, 0.3) is 11.3 Å². The molecule has 2 heterocycles. The first-order valence-corrected chi connectivity index (χ1v) is 9.19. The van der Waals surface area contributed by atoms with E-state index in [1.54, 1.807) is 31.2 Å². The van der Waals surface area contributed by atoms with Crippen molar-refractivity contribution in [2.24, 2.45) is 0 Å². The average Bonchev–Trinajstić information content (AvgIpc) is 3.11. The number of hydrogen-bond acceptors (Lipinski definition) is 8. The molecule has 10 nitrogen and oxygen atoms in total. The molecule has 0 saturated carbocycles. The number of anilines is 1. The number of rotatable bonds is 7. The third kappa shape index (κ3) is 3.93. The van der Waals surface area contributed by atoms with E-state index >= 15 is 0 Å². The number of Topliss-reactive ketones (excluding diaryl/α,β-unsaturated/α-hetero) is 1. The third-order valence-corrected chi connectivity index (χ3v) is 4.41. The van der Waals surface area contributed by atoms with Crippen molar-refractivity contribution in [3.05, 3.63) is 68.1 Å². The van der Waals surface area contributed by atoms with E-state index in [9.17, 15) is 19.2 Å². The average molecular weight is 412 g/mol. The molecular formula is C20H20N4O6. The highest BCUT2D eigenvalue weighted by Gasteiger charge is 2.25. The van der Waals surface area contributed by atoms with Gasteiger partial charge in [-0.05, 0) is 13.3 Å². The monoisotopic (exact) mass is 412 g/mol. The molecule has 30 heavy (non-hydrogen) atoms. The minimum Gasteiger partial charge on any atom is -0.454 e. The maximum absolute atomic E-state index is 12.6. The van der Waals surface area contributed by atoms with E-state index in [0.29, 0.717) is 12.0 Å². The number of ether oxygens (including phenoxy) is 1. The maximum atomic E-state index is 12.6. The van der Waals surface area contributed by atoms with Crippen LogP contribution in [0.3, 0.4) is 0 Å². The Morgan fingerprint density at radius 1 is 1.20 bits per heavy atom. The van der Waals surface area contributed by atoms with Gasteiger partial charge in [0.1, 0.15) is 28.4 Å². The number of nitrogens with two attached hydrogens (primary N) is 1. The lowest BCUT2D eigenvalue weighted by atomic mass is 10.1. The summed E-state index contributed by atoms with van der Waals surface area (Å²) in [6.07, 6.45) is 0.563. The number of nitrogen functional groups attached to an aromatic ring is 1. The molecule has 3 aromatic rings. The molecule has 0 aliphatic rings. The molecule has 0 fully saturated rings. The van der Waals surface area contributed by atoms with Crippen LogP contribution in [-0.4, -0.2) is 33.1 Å². The number of ketones is 1. The molecule has 0 atom stereocenters. The number of hydrogen-bond donors (Lipinski definition) is 2. The van der Waals surface area contributed by atoms with Gasteiger partial charge in [-0.1, -0.05) is 42.4 Å². The summed E-state index contributed by atoms with van der Waals surface area (Å²) < 4.78 is 11.3. The van der Waals surface area contributed by atoms with Crippen LogP contribution < -0.4 is 17.0 Å². The van der Waals surface area contributed by atoms with Gasteiger partial charge in [-0.2, -0.15) is 0 Å². The van der Waals surface area contributed by atoms with Gasteiger partial charge in [0, 0.05) is 12.1 Å². The fourth-order valence-corrected chi connectivity index (χ4v) is 2.98. The smallest absolute Gasteiger partial charge is 0.344 e. The first-order chi connectivity index (χ1) is 14.3. The highest BCUT2D eigenvalue weighted by Crippen LogP contribution is 2.25. The summed E-state index contributed by atoms with van der Waals surface area (Å²) in [6.45, 7) is 2.84. The Balaban J connectivity index is 1.84. The number of esters is 1. The van der Waals surface area contributed by atoms with E-state index in [-0.39, 0.29) is 29.4 Å². The van der Waals surface area contributed by atoms with Crippen LogP contribution >= 0.6 is 0 Å². The van der Waals surface area contributed by atoms with Gasteiger partial charge in [-0.3, -0.25) is 19.1 Å². The Labute approximate surface area is 170 Å². The summed E-state index contributed by atoms with van der Waals surface area (Å²) in [4.78, 5) is 51.2. The van der Waals surface area contributed by atoms with E-state index in [0.717, 1.165) is 4.57 Å². The molecule has 3 N–H and O–H groups in total. The zero-order chi connectivity index (χ0) is 21.8. The summed E-state index contributed by atoms with van der Waals surface area (Å²) in [6, 6.07) is 8.86. The van der Waals surface area contributed by atoms with Crippen molar-refractivity contribution in [1.29, 1.82) is 0 Å². The van der Waals surface area contributed by atoms with Crippen molar-refractivity contribution in [1.82, 2.24) is 14.7 Å². The fourth-order valence-electron chi connectivity index (χ4n) is 2.98. The Morgan fingerprint density at radius 3 is 2.57 bits per heavy atom. The first kappa shape index (κ1) is 20.8. The Bertz CT molecular complexity index is 1210. The molecule has 0 aliphatic carbocycles. The van der Waals surface area contributed by atoms with Gasteiger partial charge in [0.15, 0.2) is 6.61 Å². The van der Waals surface area contributed by atoms with Crippen LogP contribution in [0.4, 0.5) is 5.82 Å². The number of aromatic nitrogens is 3. The summed E-state index contributed by atoms with van der Waals surface area (Å²) in [5.41, 5.74) is 4.78. The zero-order valence-electron chi connectivity index (χ0n) is 16.4. The second-order valence-electron chi connectivity index (χ2n) is 6.50. The van der Waals surface area contributed by atoms with Crippen molar-refractivity contribution in [2.75, 3.05) is 12.3 Å². The molecule has 2 aromatic heterocycles. The van der Waals surface area contributed by atoms with Crippen molar-refractivity contribution in [3.63, 3.8) is 0 Å². The number of H-pyrrole nitrogens is 1. The molecule has 0 amide bonds. The summed E-state index contributed by atoms with van der Waals surface area (Å²) >= 11 is 0. The highest BCUT2D eigenvalue weighted by atomic mass is 16.5. The normalized spacial score (nSPS) is 10.7. The molecule has 0 aliphatic heterocycles. The fraction of sp³-hybridized carbons (Fsp3) is 0.250. The van der Waals surface area contributed by atoms with Crippen molar-refractivity contribution in [3.8, 4) is 11.3 Å². The Morgan fingerprint density at radius 2 is 1.90 bits per heavy atom. The number of nitrogens with zero attached hydrogens (tertiary/aromatic N) is 2. The molecule has 0 spiro atoms. The van der Waals surface area contributed by atoms with Crippen LogP contribution in [0.1, 0.15) is 39.8 Å². The van der Waals surface area contributed by atoms with E-state index in [1.807, 2.05) is 13.0 Å². The predicted octanol–water partition coefficient (Wildman–Crippen LogP) is 1.53. The number of carbonyl (C=O) groups is 2. The molecule has 0 unspecified atom stereocenters. The van der Waals surface area contributed by atoms with Crippen molar-refractivity contribution >= 4 is 17.6 Å². The number of aromatic amines is 1. The summed E-state index contributed by atoms with van der Waals surface area (Å²) in [7, 11) is 0. The predicted molar refractivity (Wildman–Crippen MR) is 107 cm³/mol. The quantitative estimate of drug-likeness (QED) is 0.438. The van der Waals surface area contributed by atoms with Gasteiger partial charge in [0.05, 0.1) is 0 Å². The lowest BCUT2D eigenvalue weighted by molar-refractivity contribution is 0.0473. The van der Waals surface area contributed by atoms with Crippen LogP contribution in [0.15, 0.2) is 44.4 Å². The lowest BCUT2D eigenvalue weighted by Gasteiger charge is -2.11. The molecule has 0 saturated heterocycles. The molecule has 0 bridgehead atoms. The van der Waals surface area contributed by atoms with Crippen LogP contribution in [0.5, 0.6) is 0 Å². The third-order valence-electron chi connectivity index (χ3n) is 4.41. The SMILES string of the molecule is CCCn1c(N)c(C(=O)COC(=O)c2c(-c3ccccc3)noc2C)c(=O)[nH]c1=O. The Kier molecular flexibility index (Phi) is 5.95. The molecule has 1 aromatic carbocycles. The number of carbonyl (C=O) groups excluding carboxylic acids is 2. The highest BCUT2D eigenvalue weighted by molar-refractivity contribution is 6.03. The molecule has 156 valence electrons. The largest absolute Gasteiger partial charge is 0.454 e. The second-order valence-corrected chi connectivity index (χ2v) is 6.50. The van der Waals surface area contributed by atoms with Gasteiger partial charge in [0.25, 0.3) is 5.56 Å². The Hall–Kier alpha value is -3.95. The number of aryl methyl sites for hydroxylation is 1. The van der Waals surface area contributed by atoms with E-state index in [4.69, 9.17) is 15.0 Å². The van der Waals surface area contributed by atoms with Gasteiger partial charge >= 0.3 is 11.7 Å². The maximum Gasteiger partial charge on any atom is 0.344 e. The minimum absolute atomic E-state index is 0.0758. The number of nitrogens with one attached hydrogen (secondary N) is 1. The van der Waals surface area contributed by atoms with Gasteiger partial charge in [-0.15, -0.1) is 0 Å².